The molecule has 0 aliphatic heterocycles. The second kappa shape index (κ2) is 6.73. The predicted octanol–water partition coefficient (Wildman–Crippen LogP) is 4.66. The molecular formula is C19H24N2O2. The van der Waals surface area contributed by atoms with Crippen LogP contribution in [0.25, 0.3) is 0 Å². The van der Waals surface area contributed by atoms with Crippen LogP contribution in [0.1, 0.15) is 26.3 Å². The summed E-state index contributed by atoms with van der Waals surface area (Å²) in [6.07, 6.45) is 0. The van der Waals surface area contributed by atoms with Crippen LogP contribution in [0.15, 0.2) is 48.5 Å². The van der Waals surface area contributed by atoms with Gasteiger partial charge in [0.05, 0.1) is 7.11 Å². The van der Waals surface area contributed by atoms with Gasteiger partial charge in [-0.05, 0) is 35.2 Å². The van der Waals surface area contributed by atoms with Crippen LogP contribution < -0.4 is 15.0 Å². The Morgan fingerprint density at radius 1 is 1.09 bits per heavy atom. The molecule has 0 fully saturated rings. The van der Waals surface area contributed by atoms with Crippen molar-refractivity contribution >= 4 is 17.4 Å². The van der Waals surface area contributed by atoms with Crippen LogP contribution in [-0.2, 0) is 5.41 Å². The minimum absolute atomic E-state index is 0.0971. The number of nitrogens with one attached hydrogen (secondary N) is 1. The summed E-state index contributed by atoms with van der Waals surface area (Å²) in [5.74, 6) is 0.719. The topological polar surface area (TPSA) is 41.6 Å². The van der Waals surface area contributed by atoms with Crippen molar-refractivity contribution in [2.24, 2.45) is 0 Å². The number of methoxy groups -OCH3 is 1. The lowest BCUT2D eigenvalue weighted by Crippen LogP contribution is -2.31. The second-order valence-electron chi connectivity index (χ2n) is 6.52. The Morgan fingerprint density at radius 2 is 1.74 bits per heavy atom. The molecule has 0 aliphatic rings. The molecule has 0 aliphatic carbocycles. The predicted molar refractivity (Wildman–Crippen MR) is 95.6 cm³/mol. The van der Waals surface area contributed by atoms with Crippen molar-refractivity contribution in [3.05, 3.63) is 54.1 Å². The van der Waals surface area contributed by atoms with E-state index in [4.69, 9.17) is 4.74 Å². The van der Waals surface area contributed by atoms with Crippen LogP contribution in [0.4, 0.5) is 16.2 Å². The van der Waals surface area contributed by atoms with Crippen molar-refractivity contribution in [2.75, 3.05) is 24.4 Å². The maximum absolute atomic E-state index is 12.4. The summed E-state index contributed by atoms with van der Waals surface area (Å²) in [5.41, 5.74) is 2.88. The molecule has 2 aromatic carbocycles. The Hall–Kier alpha value is -2.49. The van der Waals surface area contributed by atoms with Gasteiger partial charge in [-0.1, -0.05) is 39.0 Å². The summed E-state index contributed by atoms with van der Waals surface area (Å²) >= 11 is 0. The fraction of sp³-hybridized carbons (Fsp3) is 0.316. The van der Waals surface area contributed by atoms with E-state index in [2.05, 4.69) is 26.1 Å². The molecule has 2 rings (SSSR count). The largest absolute Gasteiger partial charge is 0.497 e. The van der Waals surface area contributed by atoms with E-state index >= 15 is 0 Å². The summed E-state index contributed by atoms with van der Waals surface area (Å²) in [5, 5.41) is 2.90. The van der Waals surface area contributed by atoms with Gasteiger partial charge in [-0.15, -0.1) is 0 Å². The molecule has 0 saturated carbocycles. The molecule has 1 N–H and O–H groups in total. The van der Waals surface area contributed by atoms with E-state index in [1.165, 1.54) is 5.56 Å². The number of urea groups is 1. The van der Waals surface area contributed by atoms with Gasteiger partial charge in [0.15, 0.2) is 0 Å². The highest BCUT2D eigenvalue weighted by Gasteiger charge is 2.14. The Bertz CT molecular complexity index is 673. The van der Waals surface area contributed by atoms with Crippen LogP contribution in [0, 0.1) is 0 Å². The molecule has 0 unspecified atom stereocenters. The van der Waals surface area contributed by atoms with Gasteiger partial charge in [-0.25, -0.2) is 4.79 Å². The van der Waals surface area contributed by atoms with E-state index < -0.39 is 0 Å². The lowest BCUT2D eigenvalue weighted by Gasteiger charge is -2.21. The van der Waals surface area contributed by atoms with Crippen molar-refractivity contribution in [3.8, 4) is 5.75 Å². The molecule has 0 bridgehead atoms. The highest BCUT2D eigenvalue weighted by Crippen LogP contribution is 2.24. The lowest BCUT2D eigenvalue weighted by molar-refractivity contribution is 0.258. The van der Waals surface area contributed by atoms with Gasteiger partial charge < -0.3 is 10.1 Å². The third-order valence-corrected chi connectivity index (χ3v) is 3.75. The number of hydrogen-bond acceptors (Lipinski definition) is 2. The number of carbonyl (C=O) groups excluding carboxylic acids is 1. The van der Waals surface area contributed by atoms with Gasteiger partial charge >= 0.3 is 6.03 Å². The zero-order valence-corrected chi connectivity index (χ0v) is 14.4. The Morgan fingerprint density at radius 3 is 2.30 bits per heavy atom. The number of amides is 2. The molecule has 122 valence electrons. The maximum Gasteiger partial charge on any atom is 0.326 e. The van der Waals surface area contributed by atoms with Crippen molar-refractivity contribution in [3.63, 3.8) is 0 Å². The minimum Gasteiger partial charge on any atom is -0.497 e. The fourth-order valence-electron chi connectivity index (χ4n) is 2.20. The number of rotatable bonds is 3. The van der Waals surface area contributed by atoms with Crippen molar-refractivity contribution < 1.29 is 9.53 Å². The Balaban J connectivity index is 2.09. The molecule has 2 aromatic rings. The molecular weight excluding hydrogens is 288 g/mol. The number of benzene rings is 2. The third-order valence-electron chi connectivity index (χ3n) is 3.75. The van der Waals surface area contributed by atoms with Crippen LogP contribution in [0.5, 0.6) is 5.75 Å². The average molecular weight is 312 g/mol. The number of ether oxygens (including phenoxy) is 1. The smallest absolute Gasteiger partial charge is 0.326 e. The summed E-state index contributed by atoms with van der Waals surface area (Å²) < 4.78 is 5.19. The summed E-state index contributed by atoms with van der Waals surface area (Å²) in [6.45, 7) is 6.49. The highest BCUT2D eigenvalue weighted by molar-refractivity contribution is 6.01. The van der Waals surface area contributed by atoms with Gasteiger partial charge in [0.1, 0.15) is 5.75 Å². The zero-order chi connectivity index (χ0) is 17.0. The van der Waals surface area contributed by atoms with Gasteiger partial charge in [0.2, 0.25) is 0 Å². The van der Waals surface area contributed by atoms with Crippen molar-refractivity contribution in [1.82, 2.24) is 0 Å². The van der Waals surface area contributed by atoms with E-state index in [0.29, 0.717) is 0 Å². The molecule has 0 spiro atoms. The first-order valence-corrected chi connectivity index (χ1v) is 7.60. The Kier molecular flexibility index (Phi) is 4.94. The second-order valence-corrected chi connectivity index (χ2v) is 6.52. The van der Waals surface area contributed by atoms with E-state index in [1.54, 1.807) is 19.1 Å². The standard InChI is InChI=1S/C19H24N2O2/c1-19(2,3)14-9-11-15(12-10-14)20-18(22)21(4)16-7-6-8-17(13-16)23-5/h6-13H,1-5H3,(H,20,22). The number of nitrogens with zero attached hydrogens (tertiary/aromatic N) is 1. The highest BCUT2D eigenvalue weighted by atomic mass is 16.5. The van der Waals surface area contributed by atoms with E-state index in [-0.39, 0.29) is 11.4 Å². The molecule has 2 amide bonds. The summed E-state index contributed by atoms with van der Waals surface area (Å²) in [6, 6.07) is 15.1. The fourth-order valence-corrected chi connectivity index (χ4v) is 2.20. The normalized spacial score (nSPS) is 11.0. The molecule has 23 heavy (non-hydrogen) atoms. The van der Waals surface area contributed by atoms with Gasteiger partial charge in [-0.2, -0.15) is 0 Å². The number of anilines is 2. The molecule has 0 aromatic heterocycles. The molecule has 0 radical (unpaired) electrons. The van der Waals surface area contributed by atoms with Crippen LogP contribution in [-0.4, -0.2) is 20.2 Å². The third kappa shape index (κ3) is 4.25. The number of hydrogen-bond donors (Lipinski definition) is 1. The molecule has 4 heteroatoms. The van der Waals surface area contributed by atoms with Crippen LogP contribution >= 0.6 is 0 Å². The van der Waals surface area contributed by atoms with Crippen LogP contribution in [0.3, 0.4) is 0 Å². The van der Waals surface area contributed by atoms with Crippen molar-refractivity contribution in [1.29, 1.82) is 0 Å². The molecule has 0 heterocycles. The van der Waals surface area contributed by atoms with E-state index in [9.17, 15) is 4.79 Å². The molecule has 0 atom stereocenters. The zero-order valence-electron chi connectivity index (χ0n) is 14.4. The average Bonchev–Trinajstić information content (AvgIpc) is 2.53. The van der Waals surface area contributed by atoms with Crippen LogP contribution in [0.2, 0.25) is 0 Å². The molecule has 4 nitrogen and oxygen atoms in total. The minimum atomic E-state index is -0.193. The SMILES string of the molecule is COc1cccc(N(C)C(=O)Nc2ccc(C(C)(C)C)cc2)c1. The quantitative estimate of drug-likeness (QED) is 0.895. The lowest BCUT2D eigenvalue weighted by atomic mass is 9.87. The van der Waals surface area contributed by atoms with Gasteiger partial charge in [0, 0.05) is 24.5 Å². The van der Waals surface area contributed by atoms with E-state index in [0.717, 1.165) is 17.1 Å². The maximum atomic E-state index is 12.4. The summed E-state index contributed by atoms with van der Waals surface area (Å²) in [7, 11) is 3.34. The van der Waals surface area contributed by atoms with Gasteiger partial charge in [-0.3, -0.25) is 4.90 Å². The first-order chi connectivity index (χ1) is 10.8. The first-order valence-electron chi connectivity index (χ1n) is 7.60. The van der Waals surface area contributed by atoms with Crippen molar-refractivity contribution in [2.45, 2.75) is 26.2 Å². The Labute approximate surface area is 138 Å². The monoisotopic (exact) mass is 312 g/mol. The molecule has 0 saturated heterocycles. The van der Waals surface area contributed by atoms with E-state index in [1.807, 2.05) is 48.5 Å². The van der Waals surface area contributed by atoms with Gasteiger partial charge in [0.25, 0.3) is 0 Å². The first kappa shape index (κ1) is 16.9. The number of carbonyl (C=O) groups is 1. The summed E-state index contributed by atoms with van der Waals surface area (Å²) in [4.78, 5) is 13.9.